The van der Waals surface area contributed by atoms with Gasteiger partial charge < -0.3 is 14.2 Å². The Hall–Kier alpha value is -3.21. The molecule has 6 nitrogen and oxygen atoms in total. The molecule has 0 bridgehead atoms. The molecule has 138 valence electrons. The number of rotatable bonds is 3. The van der Waals surface area contributed by atoms with Crippen LogP contribution in [0, 0.1) is 11.3 Å². The fourth-order valence-corrected chi connectivity index (χ4v) is 3.66. The number of fused-ring (bicyclic) bond motifs is 1. The van der Waals surface area contributed by atoms with Gasteiger partial charge in [-0.2, -0.15) is 5.26 Å². The standard InChI is InChI=1S/C19H15F2N3O3/c20-18-10-23(16(25)8-15-5-2-6-27-15)12-19(18,21)17(26)24(11-18)14-4-1-3-13(7-14)9-22/h1-7H,8,10-12H2/t18-,19+/m0/s1. The molecule has 2 aliphatic rings. The number of carbonyl (C=O) groups excluding carboxylic acids is 2. The van der Waals surface area contributed by atoms with Crippen LogP contribution in [0.3, 0.4) is 0 Å². The van der Waals surface area contributed by atoms with Gasteiger partial charge in [0, 0.05) is 5.69 Å². The fraction of sp³-hybridized carbons (Fsp3) is 0.316. The van der Waals surface area contributed by atoms with Crippen LogP contribution < -0.4 is 4.90 Å². The van der Waals surface area contributed by atoms with Gasteiger partial charge in [-0.25, -0.2) is 8.78 Å². The molecule has 1 aromatic carbocycles. The minimum atomic E-state index is -2.81. The Morgan fingerprint density at radius 1 is 1.22 bits per heavy atom. The summed E-state index contributed by atoms with van der Waals surface area (Å²) in [6.07, 6.45) is 1.28. The Bertz CT molecular complexity index is 955. The second kappa shape index (κ2) is 5.91. The smallest absolute Gasteiger partial charge is 0.270 e. The van der Waals surface area contributed by atoms with Crippen LogP contribution in [-0.2, 0) is 16.0 Å². The van der Waals surface area contributed by atoms with Crippen LogP contribution in [0.4, 0.5) is 14.5 Å². The van der Waals surface area contributed by atoms with Crippen LogP contribution in [0.1, 0.15) is 11.3 Å². The molecule has 2 fully saturated rings. The maximum absolute atomic E-state index is 15.4. The number of hydrogen-bond acceptors (Lipinski definition) is 4. The van der Waals surface area contributed by atoms with Gasteiger partial charge in [-0.1, -0.05) is 6.07 Å². The molecule has 3 heterocycles. The largest absolute Gasteiger partial charge is 0.469 e. The second-order valence-corrected chi connectivity index (χ2v) is 6.83. The number of hydrogen-bond donors (Lipinski definition) is 0. The maximum Gasteiger partial charge on any atom is 0.270 e. The normalized spacial score (nSPS) is 26.9. The van der Waals surface area contributed by atoms with Crippen molar-refractivity contribution in [1.82, 2.24) is 4.90 Å². The lowest BCUT2D eigenvalue weighted by molar-refractivity contribution is -0.132. The van der Waals surface area contributed by atoms with Crippen LogP contribution in [-0.4, -0.2) is 47.7 Å². The van der Waals surface area contributed by atoms with Gasteiger partial charge in [-0.3, -0.25) is 9.59 Å². The van der Waals surface area contributed by atoms with E-state index in [2.05, 4.69) is 0 Å². The highest BCUT2D eigenvalue weighted by Gasteiger charge is 2.72. The number of nitriles is 1. The predicted molar refractivity (Wildman–Crippen MR) is 90.2 cm³/mol. The van der Waals surface area contributed by atoms with E-state index in [0.717, 1.165) is 9.80 Å². The molecular weight excluding hydrogens is 356 g/mol. The first-order chi connectivity index (χ1) is 12.9. The molecule has 8 heteroatoms. The average molecular weight is 371 g/mol. The number of likely N-dealkylation sites (tertiary alicyclic amines) is 1. The van der Waals surface area contributed by atoms with Crippen molar-refractivity contribution in [3.8, 4) is 6.07 Å². The summed E-state index contributed by atoms with van der Waals surface area (Å²) in [5, 5.41) is 8.98. The number of carbonyl (C=O) groups is 2. The Labute approximate surface area is 153 Å². The van der Waals surface area contributed by atoms with Crippen molar-refractivity contribution < 1.29 is 22.8 Å². The fourth-order valence-electron chi connectivity index (χ4n) is 3.66. The highest BCUT2D eigenvalue weighted by molar-refractivity contribution is 6.05. The highest BCUT2D eigenvalue weighted by atomic mass is 19.2. The van der Waals surface area contributed by atoms with E-state index in [0.29, 0.717) is 5.76 Å². The van der Waals surface area contributed by atoms with E-state index < -0.39 is 42.8 Å². The minimum absolute atomic E-state index is 0.124. The number of anilines is 1. The number of furan rings is 1. The van der Waals surface area contributed by atoms with Gasteiger partial charge in [0.1, 0.15) is 5.76 Å². The van der Waals surface area contributed by atoms with Crippen molar-refractivity contribution in [2.24, 2.45) is 0 Å². The second-order valence-electron chi connectivity index (χ2n) is 6.83. The molecule has 0 saturated carbocycles. The van der Waals surface area contributed by atoms with Crippen molar-refractivity contribution in [3.63, 3.8) is 0 Å². The monoisotopic (exact) mass is 371 g/mol. The number of benzene rings is 1. The zero-order valence-corrected chi connectivity index (χ0v) is 14.2. The Morgan fingerprint density at radius 2 is 2.04 bits per heavy atom. The lowest BCUT2D eigenvalue weighted by atomic mass is 9.93. The van der Waals surface area contributed by atoms with Gasteiger partial charge in [0.2, 0.25) is 11.6 Å². The molecule has 0 spiro atoms. The molecular formula is C19H15F2N3O3. The van der Waals surface area contributed by atoms with Crippen molar-refractivity contribution >= 4 is 17.5 Å². The molecule has 27 heavy (non-hydrogen) atoms. The summed E-state index contributed by atoms with van der Waals surface area (Å²) >= 11 is 0. The van der Waals surface area contributed by atoms with Gasteiger partial charge in [-0.05, 0) is 30.3 Å². The Kier molecular flexibility index (Phi) is 3.77. The molecule has 0 radical (unpaired) electrons. The summed E-state index contributed by atoms with van der Waals surface area (Å²) < 4.78 is 35.9. The molecule has 0 N–H and O–H groups in total. The third-order valence-corrected chi connectivity index (χ3v) is 5.10. The van der Waals surface area contributed by atoms with E-state index in [1.807, 2.05) is 6.07 Å². The van der Waals surface area contributed by atoms with Crippen molar-refractivity contribution in [3.05, 3.63) is 54.0 Å². The van der Waals surface area contributed by atoms with Gasteiger partial charge in [0.05, 0.1) is 44.0 Å². The quantitative estimate of drug-likeness (QED) is 0.827. The molecule has 2 aliphatic heterocycles. The summed E-state index contributed by atoms with van der Waals surface area (Å²) in [5.41, 5.74) is -4.77. The zero-order valence-electron chi connectivity index (χ0n) is 14.2. The number of amides is 2. The minimum Gasteiger partial charge on any atom is -0.469 e. The maximum atomic E-state index is 15.4. The van der Waals surface area contributed by atoms with Crippen molar-refractivity contribution in [1.29, 1.82) is 5.26 Å². The number of nitrogens with zero attached hydrogens (tertiary/aromatic N) is 3. The third-order valence-electron chi connectivity index (χ3n) is 5.10. The molecule has 1 aromatic heterocycles. The van der Waals surface area contributed by atoms with E-state index in [1.165, 1.54) is 24.5 Å². The summed E-state index contributed by atoms with van der Waals surface area (Å²) in [6.45, 7) is -1.67. The van der Waals surface area contributed by atoms with Crippen LogP contribution in [0.15, 0.2) is 47.1 Å². The first-order valence-electron chi connectivity index (χ1n) is 8.36. The summed E-state index contributed by atoms with van der Waals surface area (Å²) in [4.78, 5) is 27.1. The number of alkyl halides is 2. The van der Waals surface area contributed by atoms with Crippen LogP contribution in [0.2, 0.25) is 0 Å². The van der Waals surface area contributed by atoms with Crippen LogP contribution in [0.5, 0.6) is 0 Å². The first-order valence-corrected chi connectivity index (χ1v) is 8.36. The molecule has 2 aromatic rings. The van der Waals surface area contributed by atoms with Gasteiger partial charge >= 0.3 is 0 Å². The SMILES string of the molecule is N#Cc1cccc(N2C[C@@]3(F)CN(C(=O)Cc4ccco4)C[C@@]3(F)C2=O)c1. The molecule has 2 amide bonds. The van der Waals surface area contributed by atoms with E-state index in [9.17, 15) is 9.59 Å². The third kappa shape index (κ3) is 2.58. The lowest BCUT2D eigenvalue weighted by Gasteiger charge is -2.22. The van der Waals surface area contributed by atoms with Crippen LogP contribution in [0.25, 0.3) is 0 Å². The summed E-state index contributed by atoms with van der Waals surface area (Å²) in [5.74, 6) is -1.15. The first kappa shape index (κ1) is 17.2. The van der Waals surface area contributed by atoms with E-state index in [-0.39, 0.29) is 17.7 Å². The zero-order chi connectivity index (χ0) is 19.2. The molecule has 0 unspecified atom stereocenters. The van der Waals surface area contributed by atoms with Gasteiger partial charge in [0.25, 0.3) is 5.91 Å². The van der Waals surface area contributed by atoms with E-state index >= 15 is 8.78 Å². The van der Waals surface area contributed by atoms with Gasteiger partial charge in [0.15, 0.2) is 5.67 Å². The average Bonchev–Trinajstić information content (AvgIpc) is 3.30. The Morgan fingerprint density at radius 3 is 2.70 bits per heavy atom. The number of halogens is 2. The highest BCUT2D eigenvalue weighted by Crippen LogP contribution is 2.47. The summed E-state index contributed by atoms with van der Waals surface area (Å²) in [7, 11) is 0. The van der Waals surface area contributed by atoms with Crippen LogP contribution >= 0.6 is 0 Å². The molecule has 2 saturated heterocycles. The summed E-state index contributed by atoms with van der Waals surface area (Å²) in [6, 6.07) is 11.2. The van der Waals surface area contributed by atoms with E-state index in [1.54, 1.807) is 18.2 Å². The van der Waals surface area contributed by atoms with Gasteiger partial charge in [-0.15, -0.1) is 0 Å². The molecule has 4 rings (SSSR count). The lowest BCUT2D eigenvalue weighted by Crippen LogP contribution is -2.47. The molecule has 2 atom stereocenters. The van der Waals surface area contributed by atoms with Crippen molar-refractivity contribution in [2.75, 3.05) is 24.5 Å². The topological polar surface area (TPSA) is 77.6 Å². The Balaban J connectivity index is 1.56. The predicted octanol–water partition coefficient (Wildman–Crippen LogP) is 2.00. The van der Waals surface area contributed by atoms with E-state index in [4.69, 9.17) is 9.68 Å². The van der Waals surface area contributed by atoms with Crippen molar-refractivity contribution in [2.45, 2.75) is 17.8 Å². The molecule has 0 aliphatic carbocycles.